The fourth-order valence-electron chi connectivity index (χ4n) is 2.72. The molecular weight excluding hydrogens is 348 g/mol. The van der Waals surface area contributed by atoms with Crippen molar-refractivity contribution >= 4 is 5.91 Å². The third-order valence-electron chi connectivity index (χ3n) is 4.18. The minimum atomic E-state index is -0.193. The maximum Gasteiger partial charge on any atom is 0.290 e. The van der Waals surface area contributed by atoms with E-state index in [0.717, 1.165) is 5.56 Å². The molecule has 2 aromatic heterocycles. The van der Waals surface area contributed by atoms with Gasteiger partial charge in [0.15, 0.2) is 11.5 Å². The highest BCUT2D eigenvalue weighted by atomic mass is 16.5. The van der Waals surface area contributed by atoms with Gasteiger partial charge in [0.1, 0.15) is 17.2 Å². The number of furan rings is 1. The first-order valence-corrected chi connectivity index (χ1v) is 8.56. The Morgan fingerprint density at radius 1 is 1.19 bits per heavy atom. The molecule has 0 spiro atoms. The first-order valence-electron chi connectivity index (χ1n) is 8.56. The molecule has 0 unspecified atom stereocenters. The zero-order chi connectivity index (χ0) is 19.4. The molecule has 0 fully saturated rings. The van der Waals surface area contributed by atoms with Crippen LogP contribution in [0.2, 0.25) is 0 Å². The average Bonchev–Trinajstić information content (AvgIpc) is 3.36. The number of aromatic nitrogens is 1. The zero-order valence-corrected chi connectivity index (χ0v) is 15.8. The van der Waals surface area contributed by atoms with Crippen LogP contribution in [0.1, 0.15) is 30.1 Å². The largest absolute Gasteiger partial charge is 0.497 e. The van der Waals surface area contributed by atoms with Crippen molar-refractivity contribution in [2.24, 2.45) is 0 Å². The number of rotatable bonds is 7. The lowest BCUT2D eigenvalue weighted by Crippen LogP contribution is -2.36. The lowest BCUT2D eigenvalue weighted by atomic mass is 10.1. The molecular formula is C20H22N2O5. The molecule has 7 nitrogen and oxygen atoms in total. The first-order chi connectivity index (χ1) is 13.0. The van der Waals surface area contributed by atoms with Gasteiger partial charge in [-0.3, -0.25) is 4.79 Å². The number of benzene rings is 1. The van der Waals surface area contributed by atoms with Gasteiger partial charge in [0.05, 0.1) is 32.6 Å². The monoisotopic (exact) mass is 370 g/mol. The molecule has 3 aromatic rings. The predicted octanol–water partition coefficient (Wildman–Crippen LogP) is 4.00. The van der Waals surface area contributed by atoms with E-state index in [4.69, 9.17) is 18.4 Å². The van der Waals surface area contributed by atoms with Gasteiger partial charge < -0.3 is 23.3 Å². The fourth-order valence-corrected chi connectivity index (χ4v) is 2.72. The second-order valence-electron chi connectivity index (χ2n) is 6.25. The van der Waals surface area contributed by atoms with E-state index in [2.05, 4.69) is 5.16 Å². The van der Waals surface area contributed by atoms with E-state index >= 15 is 0 Å². The van der Waals surface area contributed by atoms with Crippen LogP contribution in [0.25, 0.3) is 11.3 Å². The van der Waals surface area contributed by atoms with Crippen molar-refractivity contribution < 1.29 is 23.2 Å². The molecule has 3 rings (SSSR count). The summed E-state index contributed by atoms with van der Waals surface area (Å²) in [7, 11) is 3.18. The van der Waals surface area contributed by atoms with Crippen molar-refractivity contribution in [3.05, 3.63) is 54.1 Å². The number of amides is 1. The van der Waals surface area contributed by atoms with Crippen molar-refractivity contribution in [3.63, 3.8) is 0 Å². The molecule has 27 heavy (non-hydrogen) atoms. The van der Waals surface area contributed by atoms with Crippen molar-refractivity contribution in [1.29, 1.82) is 0 Å². The Labute approximate surface area is 157 Å². The third kappa shape index (κ3) is 3.97. The maximum atomic E-state index is 12.6. The summed E-state index contributed by atoms with van der Waals surface area (Å²) in [6, 6.07) is 10.5. The number of carbonyl (C=O) groups is 1. The van der Waals surface area contributed by atoms with Gasteiger partial charge in [-0.1, -0.05) is 5.16 Å². The van der Waals surface area contributed by atoms with Crippen molar-refractivity contribution in [3.8, 4) is 22.8 Å². The van der Waals surface area contributed by atoms with Crippen molar-refractivity contribution in [2.75, 3.05) is 14.2 Å². The second kappa shape index (κ2) is 7.99. The highest BCUT2D eigenvalue weighted by Crippen LogP contribution is 2.33. The topological polar surface area (TPSA) is 77.9 Å². The van der Waals surface area contributed by atoms with Gasteiger partial charge >= 0.3 is 0 Å². The SMILES string of the molecule is COc1ccc(-c2cc(CN(C(=O)c3ccco3)C(C)C)no2)c(OC)c1. The quantitative estimate of drug-likeness (QED) is 0.625. The Morgan fingerprint density at radius 3 is 2.63 bits per heavy atom. The third-order valence-corrected chi connectivity index (χ3v) is 4.18. The molecule has 0 atom stereocenters. The Kier molecular flexibility index (Phi) is 5.49. The van der Waals surface area contributed by atoms with Crippen LogP contribution in [-0.4, -0.2) is 36.2 Å². The van der Waals surface area contributed by atoms with Crippen LogP contribution in [-0.2, 0) is 6.54 Å². The van der Waals surface area contributed by atoms with Gasteiger partial charge in [-0.05, 0) is 38.1 Å². The maximum absolute atomic E-state index is 12.6. The van der Waals surface area contributed by atoms with Crippen LogP contribution in [0.15, 0.2) is 51.6 Å². The molecule has 7 heteroatoms. The summed E-state index contributed by atoms with van der Waals surface area (Å²) in [6.45, 7) is 4.18. The molecule has 0 aliphatic heterocycles. The molecule has 0 saturated carbocycles. The Hall–Kier alpha value is -3.22. The summed E-state index contributed by atoms with van der Waals surface area (Å²) in [5, 5.41) is 4.11. The van der Waals surface area contributed by atoms with Crippen LogP contribution in [0.4, 0.5) is 0 Å². The summed E-state index contributed by atoms with van der Waals surface area (Å²) >= 11 is 0. The van der Waals surface area contributed by atoms with E-state index in [1.54, 1.807) is 43.4 Å². The molecule has 1 aromatic carbocycles. The highest BCUT2D eigenvalue weighted by molar-refractivity contribution is 5.91. The predicted molar refractivity (Wildman–Crippen MR) is 98.8 cm³/mol. The lowest BCUT2D eigenvalue weighted by Gasteiger charge is -2.24. The van der Waals surface area contributed by atoms with Crippen LogP contribution in [0.3, 0.4) is 0 Å². The Balaban J connectivity index is 1.84. The fraction of sp³-hybridized carbons (Fsp3) is 0.300. The Bertz CT molecular complexity index is 899. The molecule has 0 bridgehead atoms. The van der Waals surface area contributed by atoms with Gasteiger partial charge in [-0.2, -0.15) is 0 Å². The van der Waals surface area contributed by atoms with E-state index < -0.39 is 0 Å². The minimum Gasteiger partial charge on any atom is -0.497 e. The number of nitrogens with zero attached hydrogens (tertiary/aromatic N) is 2. The molecule has 0 saturated heterocycles. The number of hydrogen-bond donors (Lipinski definition) is 0. The van der Waals surface area contributed by atoms with E-state index in [9.17, 15) is 4.79 Å². The molecule has 2 heterocycles. The molecule has 0 aliphatic rings. The summed E-state index contributed by atoms with van der Waals surface area (Å²) in [5.74, 6) is 1.96. The summed E-state index contributed by atoms with van der Waals surface area (Å²) < 4.78 is 21.3. The molecule has 1 amide bonds. The van der Waals surface area contributed by atoms with Gasteiger partial charge in [-0.25, -0.2) is 0 Å². The molecule has 0 aliphatic carbocycles. The van der Waals surface area contributed by atoms with Gasteiger partial charge in [0, 0.05) is 18.2 Å². The zero-order valence-electron chi connectivity index (χ0n) is 15.8. The van der Waals surface area contributed by atoms with Crippen molar-refractivity contribution in [2.45, 2.75) is 26.4 Å². The number of methoxy groups -OCH3 is 2. The van der Waals surface area contributed by atoms with Crippen LogP contribution in [0, 0.1) is 0 Å². The smallest absolute Gasteiger partial charge is 0.290 e. The summed E-state index contributed by atoms with van der Waals surface area (Å²) in [5.41, 5.74) is 1.39. The van der Waals surface area contributed by atoms with Crippen LogP contribution < -0.4 is 9.47 Å². The summed E-state index contributed by atoms with van der Waals surface area (Å²) in [6.07, 6.45) is 1.48. The molecule has 142 valence electrons. The summed E-state index contributed by atoms with van der Waals surface area (Å²) in [4.78, 5) is 14.3. The number of ether oxygens (including phenoxy) is 2. The van der Waals surface area contributed by atoms with E-state index in [0.29, 0.717) is 35.3 Å². The van der Waals surface area contributed by atoms with Crippen LogP contribution in [0.5, 0.6) is 11.5 Å². The normalized spacial score (nSPS) is 10.9. The van der Waals surface area contributed by atoms with E-state index in [1.165, 1.54) is 6.26 Å². The molecule has 0 N–H and O–H groups in total. The van der Waals surface area contributed by atoms with Gasteiger partial charge in [-0.15, -0.1) is 0 Å². The number of hydrogen-bond acceptors (Lipinski definition) is 6. The lowest BCUT2D eigenvalue weighted by molar-refractivity contribution is 0.0653. The van der Waals surface area contributed by atoms with E-state index in [-0.39, 0.29) is 11.9 Å². The van der Waals surface area contributed by atoms with Crippen molar-refractivity contribution in [1.82, 2.24) is 10.1 Å². The molecule has 0 radical (unpaired) electrons. The second-order valence-corrected chi connectivity index (χ2v) is 6.25. The van der Waals surface area contributed by atoms with Crippen LogP contribution >= 0.6 is 0 Å². The number of carbonyl (C=O) groups excluding carboxylic acids is 1. The van der Waals surface area contributed by atoms with E-state index in [1.807, 2.05) is 26.0 Å². The van der Waals surface area contributed by atoms with Gasteiger partial charge in [0.2, 0.25) is 0 Å². The first kappa shape index (κ1) is 18.6. The Morgan fingerprint density at radius 2 is 2.00 bits per heavy atom. The standard InChI is InChI=1S/C20H22N2O5/c1-13(2)22(20(23)17-6-5-9-26-17)12-14-10-19(27-21-14)16-8-7-15(24-3)11-18(16)25-4/h5-11,13H,12H2,1-4H3. The average molecular weight is 370 g/mol. The highest BCUT2D eigenvalue weighted by Gasteiger charge is 2.23. The minimum absolute atomic E-state index is 0.0294. The van der Waals surface area contributed by atoms with Gasteiger partial charge in [0.25, 0.3) is 5.91 Å².